The predicted molar refractivity (Wildman–Crippen MR) is 94.4 cm³/mol. The van der Waals surface area contributed by atoms with E-state index < -0.39 is 0 Å². The number of unbranched alkanes of at least 4 members (excludes halogenated alkanes) is 11. The SMILES string of the molecule is CCC=C(CC)CCCCCCCCCCCCCC. The van der Waals surface area contributed by atoms with Gasteiger partial charge >= 0.3 is 0 Å². The van der Waals surface area contributed by atoms with Gasteiger partial charge in [0.05, 0.1) is 0 Å². The van der Waals surface area contributed by atoms with Crippen molar-refractivity contribution in [3.8, 4) is 0 Å². The molecule has 0 heterocycles. The molecule has 0 aromatic rings. The van der Waals surface area contributed by atoms with Crippen molar-refractivity contribution in [3.05, 3.63) is 11.6 Å². The van der Waals surface area contributed by atoms with E-state index in [2.05, 4.69) is 26.8 Å². The number of hydrogen-bond acceptors (Lipinski definition) is 0. The quantitative estimate of drug-likeness (QED) is 0.212. The Morgan fingerprint density at radius 2 is 1.05 bits per heavy atom. The second-order valence-corrected chi connectivity index (χ2v) is 6.26. The molecule has 0 aliphatic heterocycles. The van der Waals surface area contributed by atoms with E-state index in [4.69, 9.17) is 0 Å². The number of rotatable bonds is 15. The smallest absolute Gasteiger partial charge is 0.0320 e. The van der Waals surface area contributed by atoms with Crippen molar-refractivity contribution in [2.45, 2.75) is 117 Å². The predicted octanol–water partition coefficient (Wildman–Crippen LogP) is 7.82. The Morgan fingerprint density at radius 1 is 0.600 bits per heavy atom. The Balaban J connectivity index is 3.15. The number of allylic oxidation sites excluding steroid dienone is 2. The van der Waals surface area contributed by atoms with Crippen molar-refractivity contribution in [3.63, 3.8) is 0 Å². The molecule has 20 heavy (non-hydrogen) atoms. The molecule has 120 valence electrons. The van der Waals surface area contributed by atoms with E-state index in [1.54, 1.807) is 5.57 Å². The van der Waals surface area contributed by atoms with Crippen molar-refractivity contribution >= 4 is 0 Å². The summed E-state index contributed by atoms with van der Waals surface area (Å²) in [5.74, 6) is 0. The lowest BCUT2D eigenvalue weighted by molar-refractivity contribution is 0.543. The van der Waals surface area contributed by atoms with Gasteiger partial charge in [0.2, 0.25) is 0 Å². The lowest BCUT2D eigenvalue weighted by Gasteiger charge is -2.05. The van der Waals surface area contributed by atoms with E-state index in [9.17, 15) is 0 Å². The summed E-state index contributed by atoms with van der Waals surface area (Å²) in [7, 11) is 0. The van der Waals surface area contributed by atoms with Gasteiger partial charge in [-0.2, -0.15) is 0 Å². The highest BCUT2D eigenvalue weighted by molar-refractivity contribution is 5.00. The molecule has 0 radical (unpaired) electrons. The van der Waals surface area contributed by atoms with Gasteiger partial charge in [-0.1, -0.05) is 103 Å². The molecule has 0 saturated heterocycles. The lowest BCUT2D eigenvalue weighted by atomic mass is 10.0. The molecule has 0 nitrogen and oxygen atoms in total. The van der Waals surface area contributed by atoms with Crippen LogP contribution in [0.5, 0.6) is 0 Å². The number of hydrogen-bond donors (Lipinski definition) is 0. The minimum Gasteiger partial charge on any atom is -0.0856 e. The first-order valence-corrected chi connectivity index (χ1v) is 9.53. The summed E-state index contributed by atoms with van der Waals surface area (Å²) >= 11 is 0. The van der Waals surface area contributed by atoms with Crippen LogP contribution in [0.2, 0.25) is 0 Å². The van der Waals surface area contributed by atoms with Crippen LogP contribution in [0.3, 0.4) is 0 Å². The molecular weight excluding hydrogens is 240 g/mol. The van der Waals surface area contributed by atoms with Crippen LogP contribution in [-0.4, -0.2) is 0 Å². The zero-order chi connectivity index (χ0) is 14.9. The summed E-state index contributed by atoms with van der Waals surface area (Å²) in [6, 6.07) is 0. The maximum atomic E-state index is 2.43. The molecular formula is C20H40. The third-order valence-corrected chi connectivity index (χ3v) is 4.30. The third kappa shape index (κ3) is 14.2. The van der Waals surface area contributed by atoms with Crippen molar-refractivity contribution in [2.24, 2.45) is 0 Å². The Kier molecular flexibility index (Phi) is 16.6. The molecule has 0 heteroatoms. The van der Waals surface area contributed by atoms with E-state index in [0.717, 1.165) is 0 Å². The first-order chi connectivity index (χ1) is 9.85. The normalized spacial score (nSPS) is 12.1. The Labute approximate surface area is 129 Å². The van der Waals surface area contributed by atoms with Gasteiger partial charge in [-0.25, -0.2) is 0 Å². The van der Waals surface area contributed by atoms with E-state index in [1.807, 2.05) is 0 Å². The minimum atomic E-state index is 1.21. The van der Waals surface area contributed by atoms with Gasteiger partial charge in [0, 0.05) is 0 Å². The molecule has 0 N–H and O–H groups in total. The molecule has 0 fully saturated rings. The molecule has 0 saturated carbocycles. The molecule has 0 amide bonds. The average molecular weight is 281 g/mol. The van der Waals surface area contributed by atoms with E-state index in [-0.39, 0.29) is 0 Å². The van der Waals surface area contributed by atoms with Crippen LogP contribution < -0.4 is 0 Å². The molecule has 0 unspecified atom stereocenters. The summed E-state index contributed by atoms with van der Waals surface area (Å²) in [4.78, 5) is 0. The van der Waals surface area contributed by atoms with E-state index in [0.29, 0.717) is 0 Å². The molecule has 0 atom stereocenters. The van der Waals surface area contributed by atoms with Crippen LogP contribution in [0.4, 0.5) is 0 Å². The topological polar surface area (TPSA) is 0 Å². The molecule has 0 aliphatic carbocycles. The zero-order valence-electron chi connectivity index (χ0n) is 14.7. The molecule has 0 rings (SSSR count). The van der Waals surface area contributed by atoms with E-state index >= 15 is 0 Å². The van der Waals surface area contributed by atoms with Crippen LogP contribution in [0.1, 0.15) is 117 Å². The summed E-state index contributed by atoms with van der Waals surface area (Å²) in [6.45, 7) is 6.83. The van der Waals surface area contributed by atoms with Crippen LogP contribution in [0.25, 0.3) is 0 Å². The minimum absolute atomic E-state index is 1.21. The van der Waals surface area contributed by atoms with Gasteiger partial charge < -0.3 is 0 Å². The first kappa shape index (κ1) is 19.7. The van der Waals surface area contributed by atoms with Gasteiger partial charge in [-0.15, -0.1) is 0 Å². The van der Waals surface area contributed by atoms with Gasteiger partial charge in [-0.3, -0.25) is 0 Å². The Hall–Kier alpha value is -0.260. The van der Waals surface area contributed by atoms with Crippen LogP contribution in [0, 0.1) is 0 Å². The fourth-order valence-electron chi connectivity index (χ4n) is 2.90. The van der Waals surface area contributed by atoms with Gasteiger partial charge in [-0.05, 0) is 25.7 Å². The molecule has 0 aromatic carbocycles. The Bertz CT molecular complexity index is 202. The zero-order valence-corrected chi connectivity index (χ0v) is 14.7. The van der Waals surface area contributed by atoms with Gasteiger partial charge in [0.1, 0.15) is 0 Å². The van der Waals surface area contributed by atoms with Crippen molar-refractivity contribution in [1.29, 1.82) is 0 Å². The van der Waals surface area contributed by atoms with Gasteiger partial charge in [0.25, 0.3) is 0 Å². The maximum absolute atomic E-state index is 2.43. The van der Waals surface area contributed by atoms with Crippen LogP contribution >= 0.6 is 0 Å². The monoisotopic (exact) mass is 280 g/mol. The Morgan fingerprint density at radius 3 is 1.45 bits per heavy atom. The molecule has 0 spiro atoms. The molecule has 0 aliphatic rings. The second-order valence-electron chi connectivity index (χ2n) is 6.26. The molecule has 0 aromatic heterocycles. The summed E-state index contributed by atoms with van der Waals surface area (Å²) in [5, 5.41) is 0. The average Bonchev–Trinajstić information content (AvgIpc) is 2.47. The fourth-order valence-corrected chi connectivity index (χ4v) is 2.90. The van der Waals surface area contributed by atoms with Crippen LogP contribution in [-0.2, 0) is 0 Å². The highest BCUT2D eigenvalue weighted by Crippen LogP contribution is 2.16. The third-order valence-electron chi connectivity index (χ3n) is 4.30. The standard InChI is InChI=1S/C20H40/c1-4-7-8-9-10-11-12-13-14-15-16-17-19-20(6-3)18-5-2/h18H,4-17,19H2,1-3H3. The maximum Gasteiger partial charge on any atom is -0.0320 e. The first-order valence-electron chi connectivity index (χ1n) is 9.53. The molecule has 0 bridgehead atoms. The largest absolute Gasteiger partial charge is 0.0856 e. The van der Waals surface area contributed by atoms with Crippen LogP contribution in [0.15, 0.2) is 11.6 Å². The summed E-state index contributed by atoms with van der Waals surface area (Å²) < 4.78 is 0. The van der Waals surface area contributed by atoms with Crippen molar-refractivity contribution in [2.75, 3.05) is 0 Å². The summed E-state index contributed by atoms with van der Waals surface area (Å²) in [6.07, 6.45) is 23.7. The van der Waals surface area contributed by atoms with E-state index in [1.165, 1.54) is 96.3 Å². The fraction of sp³-hybridized carbons (Fsp3) is 0.900. The summed E-state index contributed by atoms with van der Waals surface area (Å²) in [5.41, 5.74) is 1.68. The highest BCUT2D eigenvalue weighted by atomic mass is 14.0. The lowest BCUT2D eigenvalue weighted by Crippen LogP contribution is -1.85. The van der Waals surface area contributed by atoms with Gasteiger partial charge in [0.15, 0.2) is 0 Å². The second kappa shape index (κ2) is 16.8. The van der Waals surface area contributed by atoms with Crippen molar-refractivity contribution in [1.82, 2.24) is 0 Å². The highest BCUT2D eigenvalue weighted by Gasteiger charge is 1.96. The van der Waals surface area contributed by atoms with Crippen molar-refractivity contribution < 1.29 is 0 Å².